The maximum absolute atomic E-state index is 13.6. The Kier molecular flexibility index (Phi) is 7.75. The lowest BCUT2D eigenvalue weighted by Gasteiger charge is -2.34. The molecule has 11 heteroatoms. The van der Waals surface area contributed by atoms with Crippen LogP contribution in [0.3, 0.4) is 0 Å². The molecule has 3 heterocycles. The van der Waals surface area contributed by atoms with Gasteiger partial charge in [-0.3, -0.25) is 14.6 Å². The maximum Gasteiger partial charge on any atom is 0.415 e. The molecule has 0 N–H and O–H groups in total. The number of carbonyl (C=O) groups is 3. The van der Waals surface area contributed by atoms with Crippen LogP contribution in [0.4, 0.5) is 9.18 Å². The van der Waals surface area contributed by atoms with Crippen LogP contribution in [0.15, 0.2) is 36.7 Å². The fraction of sp³-hybridized carbons (Fsp3) is 0.500. The summed E-state index contributed by atoms with van der Waals surface area (Å²) in [7, 11) is 1.60. The number of halogens is 3. The van der Waals surface area contributed by atoms with Crippen molar-refractivity contribution in [3.63, 3.8) is 0 Å². The Hall–Kier alpha value is -2.91. The van der Waals surface area contributed by atoms with Crippen LogP contribution in [-0.2, 0) is 9.59 Å². The van der Waals surface area contributed by atoms with E-state index in [1.807, 2.05) is 17.9 Å². The number of rotatable bonds is 5. The van der Waals surface area contributed by atoms with Crippen LogP contribution >= 0.6 is 23.2 Å². The van der Waals surface area contributed by atoms with Gasteiger partial charge in [0, 0.05) is 56.5 Å². The minimum atomic E-state index is -0.688. The van der Waals surface area contributed by atoms with Gasteiger partial charge in [-0.1, -0.05) is 36.2 Å². The lowest BCUT2D eigenvalue weighted by Crippen LogP contribution is -2.46. The number of likely N-dealkylation sites (tertiary alicyclic amines) is 2. The second-order valence-electron chi connectivity index (χ2n) is 11.0. The van der Waals surface area contributed by atoms with Crippen molar-refractivity contribution in [2.24, 2.45) is 11.3 Å². The second-order valence-corrected chi connectivity index (χ2v) is 11.8. The number of ether oxygens (including phenoxy) is 1. The van der Waals surface area contributed by atoms with Crippen LogP contribution in [0.25, 0.3) is 0 Å². The first-order valence-corrected chi connectivity index (χ1v) is 13.9. The van der Waals surface area contributed by atoms with Crippen LogP contribution in [0, 0.1) is 17.2 Å². The zero-order valence-corrected chi connectivity index (χ0v) is 23.4. The van der Waals surface area contributed by atoms with Crippen molar-refractivity contribution in [2.45, 2.75) is 44.6 Å². The van der Waals surface area contributed by atoms with Crippen molar-refractivity contribution in [2.75, 3.05) is 33.2 Å². The van der Waals surface area contributed by atoms with Crippen molar-refractivity contribution in [3.05, 3.63) is 58.1 Å². The molecular formula is C28H31Cl2FN4O4. The number of likely N-dealkylation sites (N-methyl/N-ethyl adjacent to an activating group) is 1. The third-order valence-electron chi connectivity index (χ3n) is 8.29. The SMILES string of the molecule is CN(C(=O)Oc1cncc(F)c1)C1CN(C(=O)C2CCN(C(=O)C3(C)CC3)CC2)CC1c1ccc(Cl)c(Cl)c1. The van der Waals surface area contributed by atoms with Crippen LogP contribution < -0.4 is 4.74 Å². The minimum absolute atomic E-state index is 0.00905. The third kappa shape index (κ3) is 5.84. The van der Waals surface area contributed by atoms with E-state index in [2.05, 4.69) is 4.98 Å². The molecule has 3 amide bonds. The van der Waals surface area contributed by atoms with Crippen LogP contribution in [-0.4, -0.2) is 76.9 Å². The number of hydrogen-bond acceptors (Lipinski definition) is 5. The normalized spacial score (nSPS) is 22.5. The smallest absolute Gasteiger partial charge is 0.408 e. The second kappa shape index (κ2) is 10.9. The van der Waals surface area contributed by atoms with Gasteiger partial charge in [-0.05, 0) is 43.4 Å². The standard InChI is InChI=1S/C28H31Cl2FN4O4/c1-28(7-8-28)26(37)34-9-5-17(6-10-34)25(36)35-15-21(18-3-4-22(29)23(30)11-18)24(16-35)33(2)27(38)39-20-12-19(31)13-32-14-20/h3-4,11-14,17,21,24H,5-10,15-16H2,1-2H3. The summed E-state index contributed by atoms with van der Waals surface area (Å²) in [6, 6.07) is 5.97. The number of benzene rings is 1. The molecule has 0 bridgehead atoms. The molecule has 2 aliphatic heterocycles. The monoisotopic (exact) mass is 576 g/mol. The molecule has 3 aliphatic rings. The summed E-state index contributed by atoms with van der Waals surface area (Å²) >= 11 is 12.4. The van der Waals surface area contributed by atoms with Crippen LogP contribution in [0.5, 0.6) is 5.75 Å². The molecule has 208 valence electrons. The molecule has 39 heavy (non-hydrogen) atoms. The van der Waals surface area contributed by atoms with Crippen molar-refractivity contribution < 1.29 is 23.5 Å². The Balaban J connectivity index is 1.30. The maximum atomic E-state index is 13.6. The molecule has 2 atom stereocenters. The van der Waals surface area contributed by atoms with E-state index >= 15 is 0 Å². The van der Waals surface area contributed by atoms with Gasteiger partial charge in [0.1, 0.15) is 5.82 Å². The molecule has 1 aliphatic carbocycles. The molecule has 8 nitrogen and oxygen atoms in total. The number of amides is 3. The molecule has 2 unspecified atom stereocenters. The van der Waals surface area contributed by atoms with Gasteiger partial charge in [0.25, 0.3) is 0 Å². The Morgan fingerprint density at radius 1 is 1.05 bits per heavy atom. The molecule has 1 aromatic carbocycles. The first-order chi connectivity index (χ1) is 18.6. The predicted molar refractivity (Wildman–Crippen MR) is 144 cm³/mol. The van der Waals surface area contributed by atoms with E-state index < -0.39 is 18.0 Å². The van der Waals surface area contributed by atoms with Crippen molar-refractivity contribution in [1.82, 2.24) is 19.7 Å². The van der Waals surface area contributed by atoms with Gasteiger partial charge < -0.3 is 19.4 Å². The average molecular weight is 577 g/mol. The number of nitrogens with zero attached hydrogens (tertiary/aromatic N) is 4. The molecule has 0 spiro atoms. The predicted octanol–water partition coefficient (Wildman–Crippen LogP) is 4.99. The quantitative estimate of drug-likeness (QED) is 0.500. The largest absolute Gasteiger partial charge is 0.415 e. The van der Waals surface area contributed by atoms with Crippen molar-refractivity contribution >= 4 is 41.1 Å². The number of hydrogen-bond donors (Lipinski definition) is 0. The highest BCUT2D eigenvalue weighted by molar-refractivity contribution is 6.42. The topological polar surface area (TPSA) is 83.1 Å². The zero-order valence-electron chi connectivity index (χ0n) is 21.9. The Morgan fingerprint density at radius 2 is 1.77 bits per heavy atom. The first-order valence-electron chi connectivity index (χ1n) is 13.1. The van der Waals surface area contributed by atoms with Gasteiger partial charge in [0.2, 0.25) is 11.8 Å². The molecule has 1 aromatic heterocycles. The number of carbonyl (C=O) groups excluding carboxylic acids is 3. The van der Waals surface area contributed by atoms with Crippen LogP contribution in [0.1, 0.15) is 44.1 Å². The summed E-state index contributed by atoms with van der Waals surface area (Å²) in [5.41, 5.74) is 0.627. The molecule has 5 rings (SSSR count). The van der Waals surface area contributed by atoms with E-state index in [1.165, 1.54) is 11.1 Å². The van der Waals surface area contributed by atoms with Crippen LogP contribution in [0.2, 0.25) is 10.0 Å². The lowest BCUT2D eigenvalue weighted by atomic mass is 9.93. The number of piperidine rings is 1. The third-order valence-corrected chi connectivity index (χ3v) is 9.03. The molecule has 1 saturated carbocycles. The molecule has 0 radical (unpaired) electrons. The molecule has 2 saturated heterocycles. The van der Waals surface area contributed by atoms with Gasteiger partial charge >= 0.3 is 6.09 Å². The zero-order chi connectivity index (χ0) is 27.9. The highest BCUT2D eigenvalue weighted by Crippen LogP contribution is 2.47. The van der Waals surface area contributed by atoms with E-state index in [0.717, 1.165) is 30.7 Å². The summed E-state index contributed by atoms with van der Waals surface area (Å²) in [5.74, 6) is -0.849. The van der Waals surface area contributed by atoms with Crippen molar-refractivity contribution in [3.8, 4) is 5.75 Å². The minimum Gasteiger partial charge on any atom is -0.408 e. The summed E-state index contributed by atoms with van der Waals surface area (Å²) < 4.78 is 18.9. The number of pyridine rings is 1. The molecule has 2 aromatic rings. The Labute approximate surface area is 237 Å². The van der Waals surface area contributed by atoms with E-state index in [1.54, 1.807) is 24.1 Å². The summed E-state index contributed by atoms with van der Waals surface area (Å²) in [6.45, 7) is 3.84. The van der Waals surface area contributed by atoms with E-state index in [0.29, 0.717) is 49.1 Å². The summed E-state index contributed by atoms with van der Waals surface area (Å²) in [4.78, 5) is 48.2. The fourth-order valence-electron chi connectivity index (χ4n) is 5.56. The van der Waals surface area contributed by atoms with Gasteiger partial charge in [-0.15, -0.1) is 0 Å². The van der Waals surface area contributed by atoms with Crippen molar-refractivity contribution in [1.29, 1.82) is 0 Å². The highest BCUT2D eigenvalue weighted by Gasteiger charge is 2.48. The first kappa shape index (κ1) is 27.6. The summed E-state index contributed by atoms with van der Waals surface area (Å²) in [6.07, 6.45) is 4.69. The van der Waals surface area contributed by atoms with E-state index in [4.69, 9.17) is 27.9 Å². The van der Waals surface area contributed by atoms with Gasteiger partial charge in [-0.2, -0.15) is 0 Å². The van der Waals surface area contributed by atoms with Gasteiger partial charge in [0.15, 0.2) is 5.75 Å². The Bertz CT molecular complexity index is 1280. The van der Waals surface area contributed by atoms with Gasteiger partial charge in [0.05, 0.1) is 28.5 Å². The summed E-state index contributed by atoms with van der Waals surface area (Å²) in [5, 5.41) is 0.797. The van der Waals surface area contributed by atoms with Gasteiger partial charge in [-0.25, -0.2) is 9.18 Å². The highest BCUT2D eigenvalue weighted by atomic mass is 35.5. The lowest BCUT2D eigenvalue weighted by molar-refractivity contribution is -0.142. The van der Waals surface area contributed by atoms with E-state index in [-0.39, 0.29) is 34.8 Å². The van der Waals surface area contributed by atoms with E-state index in [9.17, 15) is 18.8 Å². The molecule has 3 fully saturated rings. The molecular weight excluding hydrogens is 546 g/mol. The Morgan fingerprint density at radius 3 is 2.41 bits per heavy atom. The number of aromatic nitrogens is 1. The average Bonchev–Trinajstić information content (AvgIpc) is 3.52. The fourth-order valence-corrected chi connectivity index (χ4v) is 5.86.